The Hall–Kier alpha value is -1.09. The van der Waals surface area contributed by atoms with E-state index in [2.05, 4.69) is 0 Å². The number of aliphatic hydroxyl groups excluding tert-OH is 1. The quantitative estimate of drug-likeness (QED) is 0.619. The zero-order chi connectivity index (χ0) is 10.1. The molecule has 0 bridgehead atoms. The van der Waals surface area contributed by atoms with Gasteiger partial charge in [-0.15, -0.1) is 0 Å². The molecule has 0 amide bonds. The van der Waals surface area contributed by atoms with E-state index in [-0.39, 0.29) is 5.97 Å². The first-order valence-electron chi connectivity index (χ1n) is 4.20. The average molecular weight is 182 g/mol. The molecule has 1 N–H and O–H groups in total. The summed E-state index contributed by atoms with van der Waals surface area (Å²) in [4.78, 5) is 10.8. The Morgan fingerprint density at radius 2 is 2.31 bits per heavy atom. The molecule has 1 aliphatic rings. The van der Waals surface area contributed by atoms with Crippen molar-refractivity contribution in [3.8, 4) is 0 Å². The first-order valence-corrected chi connectivity index (χ1v) is 4.20. The van der Waals surface area contributed by atoms with Gasteiger partial charge in [0.1, 0.15) is 6.10 Å². The number of esters is 1. The minimum Gasteiger partial charge on any atom is -0.452 e. The standard InChI is InChI=1S/C10H14O3/c1-7-5-4-6-9(12)10(7,3)13-8(2)11/h4-6,9,12H,1-3H3. The second-order valence-electron chi connectivity index (χ2n) is 3.38. The number of rotatable bonds is 1. The third-order valence-corrected chi connectivity index (χ3v) is 2.34. The fourth-order valence-electron chi connectivity index (χ4n) is 1.33. The van der Waals surface area contributed by atoms with Gasteiger partial charge >= 0.3 is 5.97 Å². The van der Waals surface area contributed by atoms with E-state index < -0.39 is 11.7 Å². The molecule has 0 aromatic heterocycles. The Morgan fingerprint density at radius 1 is 1.69 bits per heavy atom. The van der Waals surface area contributed by atoms with Gasteiger partial charge in [-0.05, 0) is 19.4 Å². The van der Waals surface area contributed by atoms with Crippen LogP contribution in [-0.4, -0.2) is 22.8 Å². The fourth-order valence-corrected chi connectivity index (χ4v) is 1.33. The fraction of sp³-hybridized carbons (Fsp3) is 0.500. The van der Waals surface area contributed by atoms with E-state index in [4.69, 9.17) is 4.74 Å². The number of allylic oxidation sites excluding steroid dienone is 2. The number of aliphatic hydroxyl groups is 1. The normalized spacial score (nSPS) is 32.6. The minimum absolute atomic E-state index is 0.385. The largest absolute Gasteiger partial charge is 0.452 e. The molecule has 0 heterocycles. The third kappa shape index (κ3) is 1.80. The summed E-state index contributed by atoms with van der Waals surface area (Å²) >= 11 is 0. The molecular weight excluding hydrogens is 168 g/mol. The maximum absolute atomic E-state index is 10.8. The highest BCUT2D eigenvalue weighted by atomic mass is 16.6. The molecule has 0 aliphatic heterocycles. The van der Waals surface area contributed by atoms with Crippen molar-refractivity contribution in [1.29, 1.82) is 0 Å². The van der Waals surface area contributed by atoms with Crippen LogP contribution in [0.5, 0.6) is 0 Å². The van der Waals surface area contributed by atoms with Crippen molar-refractivity contribution in [1.82, 2.24) is 0 Å². The molecule has 0 fully saturated rings. The molecular formula is C10H14O3. The average Bonchev–Trinajstić information content (AvgIpc) is 1.99. The maximum Gasteiger partial charge on any atom is 0.303 e. The molecule has 0 saturated heterocycles. The molecule has 3 heteroatoms. The lowest BCUT2D eigenvalue weighted by Gasteiger charge is -2.35. The molecule has 72 valence electrons. The summed E-state index contributed by atoms with van der Waals surface area (Å²) in [5.74, 6) is -0.385. The molecule has 0 aromatic carbocycles. The SMILES string of the molecule is CC(=O)OC1(C)C(C)=CC=CC1O. The summed E-state index contributed by atoms with van der Waals surface area (Å²) in [5, 5.41) is 9.64. The van der Waals surface area contributed by atoms with Gasteiger partial charge in [-0.25, -0.2) is 0 Å². The van der Waals surface area contributed by atoms with Gasteiger partial charge < -0.3 is 9.84 Å². The molecule has 0 aromatic rings. The summed E-state index contributed by atoms with van der Waals surface area (Å²) in [5.41, 5.74) is -0.0571. The number of hydrogen-bond acceptors (Lipinski definition) is 3. The van der Waals surface area contributed by atoms with Gasteiger partial charge in [0.2, 0.25) is 0 Å². The van der Waals surface area contributed by atoms with Crippen molar-refractivity contribution in [3.63, 3.8) is 0 Å². The summed E-state index contributed by atoms with van der Waals surface area (Å²) in [6, 6.07) is 0. The third-order valence-electron chi connectivity index (χ3n) is 2.34. The van der Waals surface area contributed by atoms with Crippen molar-refractivity contribution in [2.24, 2.45) is 0 Å². The zero-order valence-corrected chi connectivity index (χ0v) is 8.07. The van der Waals surface area contributed by atoms with Crippen molar-refractivity contribution in [2.75, 3.05) is 0 Å². The predicted molar refractivity (Wildman–Crippen MR) is 49.1 cm³/mol. The van der Waals surface area contributed by atoms with Gasteiger partial charge in [0.15, 0.2) is 5.60 Å². The monoisotopic (exact) mass is 182 g/mol. The Bertz CT molecular complexity index is 278. The first kappa shape index (κ1) is 9.99. The van der Waals surface area contributed by atoms with Crippen LogP contribution >= 0.6 is 0 Å². The van der Waals surface area contributed by atoms with Crippen LogP contribution in [0, 0.1) is 0 Å². The van der Waals surface area contributed by atoms with E-state index in [0.29, 0.717) is 0 Å². The first-order chi connectivity index (χ1) is 5.97. The summed E-state index contributed by atoms with van der Waals surface area (Å²) in [7, 11) is 0. The van der Waals surface area contributed by atoms with Crippen molar-refractivity contribution >= 4 is 5.97 Å². The van der Waals surface area contributed by atoms with Gasteiger partial charge in [0.05, 0.1) is 0 Å². The van der Waals surface area contributed by atoms with Gasteiger partial charge in [0.25, 0.3) is 0 Å². The molecule has 0 radical (unpaired) electrons. The van der Waals surface area contributed by atoms with Crippen molar-refractivity contribution < 1.29 is 14.6 Å². The van der Waals surface area contributed by atoms with Crippen LogP contribution in [0.1, 0.15) is 20.8 Å². The highest BCUT2D eigenvalue weighted by Crippen LogP contribution is 2.29. The molecule has 0 spiro atoms. The Balaban J connectivity index is 2.92. The number of carbonyl (C=O) groups excluding carboxylic acids is 1. The maximum atomic E-state index is 10.8. The van der Waals surface area contributed by atoms with Crippen LogP contribution < -0.4 is 0 Å². The smallest absolute Gasteiger partial charge is 0.303 e. The number of carbonyl (C=O) groups is 1. The lowest BCUT2D eigenvalue weighted by molar-refractivity contribution is -0.159. The van der Waals surface area contributed by atoms with E-state index in [9.17, 15) is 9.90 Å². The number of ether oxygens (including phenoxy) is 1. The van der Waals surface area contributed by atoms with Gasteiger partial charge in [0, 0.05) is 6.92 Å². The molecule has 2 atom stereocenters. The van der Waals surface area contributed by atoms with E-state index >= 15 is 0 Å². The summed E-state index contributed by atoms with van der Waals surface area (Å²) < 4.78 is 5.09. The molecule has 1 rings (SSSR count). The van der Waals surface area contributed by atoms with E-state index in [1.807, 2.05) is 13.0 Å². The van der Waals surface area contributed by atoms with Crippen molar-refractivity contribution in [2.45, 2.75) is 32.5 Å². The number of hydrogen-bond donors (Lipinski definition) is 1. The van der Waals surface area contributed by atoms with Gasteiger partial charge in [-0.1, -0.05) is 18.2 Å². The highest BCUT2D eigenvalue weighted by molar-refractivity contribution is 5.67. The lowest BCUT2D eigenvalue weighted by atomic mass is 9.86. The molecule has 2 unspecified atom stereocenters. The second kappa shape index (κ2) is 3.34. The van der Waals surface area contributed by atoms with Gasteiger partial charge in [-0.2, -0.15) is 0 Å². The van der Waals surface area contributed by atoms with Crippen LogP contribution in [0.15, 0.2) is 23.8 Å². The second-order valence-corrected chi connectivity index (χ2v) is 3.38. The summed E-state index contributed by atoms with van der Waals surface area (Å²) in [6.07, 6.45) is 4.43. The van der Waals surface area contributed by atoms with Crippen LogP contribution in [0.2, 0.25) is 0 Å². The molecule has 0 saturated carbocycles. The van der Waals surface area contributed by atoms with Crippen LogP contribution in [0.25, 0.3) is 0 Å². The Morgan fingerprint density at radius 3 is 2.77 bits per heavy atom. The van der Waals surface area contributed by atoms with Gasteiger partial charge in [-0.3, -0.25) is 4.79 Å². The van der Waals surface area contributed by atoms with E-state index in [0.717, 1.165) is 5.57 Å². The van der Waals surface area contributed by atoms with E-state index in [1.165, 1.54) is 6.92 Å². The highest BCUT2D eigenvalue weighted by Gasteiger charge is 2.37. The minimum atomic E-state index is -0.902. The lowest BCUT2D eigenvalue weighted by Crippen LogP contribution is -2.44. The van der Waals surface area contributed by atoms with Crippen LogP contribution in [0.3, 0.4) is 0 Å². The summed E-state index contributed by atoms with van der Waals surface area (Å²) in [6.45, 7) is 4.87. The topological polar surface area (TPSA) is 46.5 Å². The van der Waals surface area contributed by atoms with Crippen molar-refractivity contribution in [3.05, 3.63) is 23.8 Å². The Labute approximate surface area is 77.7 Å². The zero-order valence-electron chi connectivity index (χ0n) is 8.07. The molecule has 3 nitrogen and oxygen atoms in total. The van der Waals surface area contributed by atoms with E-state index in [1.54, 1.807) is 19.1 Å². The Kier molecular flexibility index (Phi) is 2.57. The molecule has 1 aliphatic carbocycles. The van der Waals surface area contributed by atoms with Crippen LogP contribution in [-0.2, 0) is 9.53 Å². The predicted octanol–water partition coefficient (Wildman–Crippen LogP) is 1.19. The van der Waals surface area contributed by atoms with Crippen LogP contribution in [0.4, 0.5) is 0 Å². The molecule has 13 heavy (non-hydrogen) atoms.